The SMILES string of the molecule is COS(=O)(=O)[O-].COc1cc[n+](C)c(OC)c1. The third kappa shape index (κ3) is 6.72. The van der Waals surface area contributed by atoms with E-state index in [0.717, 1.165) is 18.7 Å². The van der Waals surface area contributed by atoms with Gasteiger partial charge < -0.3 is 14.0 Å². The lowest BCUT2D eigenvalue weighted by Gasteiger charge is -2.00. The van der Waals surface area contributed by atoms with Crippen molar-refractivity contribution in [1.82, 2.24) is 0 Å². The van der Waals surface area contributed by atoms with Crippen molar-refractivity contribution in [2.75, 3.05) is 21.3 Å². The Balaban J connectivity index is 0.000000366. The van der Waals surface area contributed by atoms with Gasteiger partial charge in [-0.15, -0.1) is 0 Å². The van der Waals surface area contributed by atoms with Gasteiger partial charge in [0, 0.05) is 6.07 Å². The standard InChI is InChI=1S/C8H12NO2.CH4O4S/c1-9-5-4-7(10-2)6-8(9)11-3;1-5-6(2,3)4/h4-6H,1-3H3;1H3,(H,2,3,4)/q+1;/p-1. The summed E-state index contributed by atoms with van der Waals surface area (Å²) in [5.41, 5.74) is 0. The van der Waals surface area contributed by atoms with Crippen LogP contribution in [0.2, 0.25) is 0 Å². The Morgan fingerprint density at radius 2 is 1.76 bits per heavy atom. The van der Waals surface area contributed by atoms with Crippen LogP contribution in [0.15, 0.2) is 18.3 Å². The largest absolute Gasteiger partial charge is 0.726 e. The first kappa shape index (κ1) is 15.6. The molecule has 8 heteroatoms. The molecule has 0 saturated carbocycles. The second-order valence-electron chi connectivity index (χ2n) is 2.79. The van der Waals surface area contributed by atoms with Crippen LogP contribution >= 0.6 is 0 Å². The number of hydrogen-bond donors (Lipinski definition) is 0. The molecule has 0 aromatic carbocycles. The molecule has 0 N–H and O–H groups in total. The minimum atomic E-state index is -4.41. The maximum Gasteiger partial charge on any atom is 0.371 e. The first-order valence-electron chi connectivity index (χ1n) is 4.43. The molecule has 0 amide bonds. The first-order valence-corrected chi connectivity index (χ1v) is 5.76. The summed E-state index contributed by atoms with van der Waals surface area (Å²) in [6.45, 7) is 0. The molecule has 0 fully saturated rings. The van der Waals surface area contributed by atoms with Crippen LogP contribution in [0.3, 0.4) is 0 Å². The lowest BCUT2D eigenvalue weighted by Crippen LogP contribution is -2.29. The van der Waals surface area contributed by atoms with E-state index in [4.69, 9.17) is 9.47 Å². The summed E-state index contributed by atoms with van der Waals surface area (Å²) in [7, 11) is 1.58. The van der Waals surface area contributed by atoms with Gasteiger partial charge in [-0.25, -0.2) is 8.42 Å². The van der Waals surface area contributed by atoms with Crippen molar-refractivity contribution in [3.63, 3.8) is 0 Å². The minimum Gasteiger partial charge on any atom is -0.726 e. The molecule has 0 aliphatic rings. The minimum absolute atomic E-state index is 0.782. The normalized spacial score (nSPS) is 10.2. The Morgan fingerprint density at radius 1 is 1.24 bits per heavy atom. The monoisotopic (exact) mass is 265 g/mol. The Morgan fingerprint density at radius 3 is 2.12 bits per heavy atom. The Hall–Kier alpha value is -1.38. The van der Waals surface area contributed by atoms with Crippen molar-refractivity contribution in [3.8, 4) is 11.6 Å². The van der Waals surface area contributed by atoms with Gasteiger partial charge in [-0.2, -0.15) is 4.57 Å². The molecule has 0 aliphatic heterocycles. The highest BCUT2D eigenvalue weighted by molar-refractivity contribution is 7.80. The molecular formula is C9H15NO6S. The Bertz CT molecular complexity index is 445. The summed E-state index contributed by atoms with van der Waals surface area (Å²) >= 11 is 0. The van der Waals surface area contributed by atoms with E-state index >= 15 is 0 Å². The number of hydrogen-bond acceptors (Lipinski definition) is 6. The molecule has 0 bridgehead atoms. The third-order valence-electron chi connectivity index (χ3n) is 1.72. The molecule has 1 aromatic heterocycles. The lowest BCUT2D eigenvalue weighted by molar-refractivity contribution is -0.676. The van der Waals surface area contributed by atoms with Crippen molar-refractivity contribution < 1.29 is 31.2 Å². The summed E-state index contributed by atoms with van der Waals surface area (Å²) in [6, 6.07) is 3.71. The Labute approximate surface area is 101 Å². The fraction of sp³-hybridized carbons (Fsp3) is 0.444. The predicted molar refractivity (Wildman–Crippen MR) is 57.4 cm³/mol. The number of rotatable bonds is 3. The van der Waals surface area contributed by atoms with Crippen molar-refractivity contribution in [2.45, 2.75) is 0 Å². The number of methoxy groups -OCH3 is 2. The van der Waals surface area contributed by atoms with E-state index < -0.39 is 10.4 Å². The van der Waals surface area contributed by atoms with Gasteiger partial charge >= 0.3 is 5.88 Å². The molecule has 1 aromatic rings. The molecule has 1 rings (SSSR count). The summed E-state index contributed by atoms with van der Waals surface area (Å²) in [4.78, 5) is 0. The van der Waals surface area contributed by atoms with E-state index in [1.807, 2.05) is 29.9 Å². The molecule has 0 radical (unpaired) electrons. The maximum atomic E-state index is 9.22. The van der Waals surface area contributed by atoms with Gasteiger partial charge in [0.1, 0.15) is 12.8 Å². The molecule has 98 valence electrons. The van der Waals surface area contributed by atoms with E-state index in [1.54, 1.807) is 14.2 Å². The van der Waals surface area contributed by atoms with Gasteiger partial charge in [-0.05, 0) is 0 Å². The zero-order valence-corrected chi connectivity index (χ0v) is 10.9. The van der Waals surface area contributed by atoms with Gasteiger partial charge in [-0.3, -0.25) is 4.18 Å². The highest BCUT2D eigenvalue weighted by Crippen LogP contribution is 2.12. The van der Waals surface area contributed by atoms with E-state index in [9.17, 15) is 13.0 Å². The van der Waals surface area contributed by atoms with Gasteiger partial charge in [-0.1, -0.05) is 0 Å². The van der Waals surface area contributed by atoms with Crippen LogP contribution in [-0.4, -0.2) is 34.3 Å². The van der Waals surface area contributed by atoms with Crippen LogP contribution in [0.5, 0.6) is 11.6 Å². The summed E-state index contributed by atoms with van der Waals surface area (Å²) in [5, 5.41) is 0. The van der Waals surface area contributed by atoms with Crippen LogP contribution in [0, 0.1) is 0 Å². The molecule has 17 heavy (non-hydrogen) atoms. The lowest BCUT2D eigenvalue weighted by atomic mass is 10.4. The van der Waals surface area contributed by atoms with Crippen molar-refractivity contribution in [2.24, 2.45) is 7.05 Å². The molecule has 0 unspecified atom stereocenters. The molecule has 0 aliphatic carbocycles. The molecular weight excluding hydrogens is 250 g/mol. The van der Waals surface area contributed by atoms with Gasteiger partial charge in [0.25, 0.3) is 0 Å². The van der Waals surface area contributed by atoms with Crippen LogP contribution in [-0.2, 0) is 21.6 Å². The number of pyridine rings is 1. The highest BCUT2D eigenvalue weighted by Gasteiger charge is 2.06. The predicted octanol–water partition coefficient (Wildman–Crippen LogP) is -0.379. The summed E-state index contributed by atoms with van der Waals surface area (Å²) < 4.78 is 43.0. The summed E-state index contributed by atoms with van der Waals surface area (Å²) in [6.07, 6.45) is 1.89. The van der Waals surface area contributed by atoms with E-state index in [-0.39, 0.29) is 0 Å². The average Bonchev–Trinajstić information content (AvgIpc) is 2.29. The van der Waals surface area contributed by atoms with Crippen LogP contribution < -0.4 is 14.0 Å². The topological polar surface area (TPSA) is 88.8 Å². The number of ether oxygens (including phenoxy) is 2. The van der Waals surface area contributed by atoms with Crippen molar-refractivity contribution >= 4 is 10.4 Å². The molecule has 0 saturated heterocycles. The van der Waals surface area contributed by atoms with Crippen LogP contribution in [0.4, 0.5) is 0 Å². The smallest absolute Gasteiger partial charge is 0.371 e. The van der Waals surface area contributed by atoms with E-state index in [2.05, 4.69) is 4.18 Å². The average molecular weight is 265 g/mol. The zero-order valence-electron chi connectivity index (χ0n) is 10.0. The number of nitrogens with zero attached hydrogens (tertiary/aromatic N) is 1. The summed E-state index contributed by atoms with van der Waals surface area (Å²) in [5.74, 6) is 1.59. The quantitative estimate of drug-likeness (QED) is 0.420. The number of aryl methyl sites for hydroxylation is 1. The van der Waals surface area contributed by atoms with E-state index in [1.165, 1.54) is 0 Å². The maximum absolute atomic E-state index is 9.22. The number of aromatic nitrogens is 1. The first-order chi connectivity index (χ1) is 7.84. The molecule has 1 heterocycles. The van der Waals surface area contributed by atoms with Crippen LogP contribution in [0.25, 0.3) is 0 Å². The fourth-order valence-corrected chi connectivity index (χ4v) is 0.860. The van der Waals surface area contributed by atoms with Gasteiger partial charge in [0.05, 0.1) is 27.4 Å². The third-order valence-corrected chi connectivity index (χ3v) is 2.13. The molecule has 0 spiro atoms. The van der Waals surface area contributed by atoms with Crippen LogP contribution in [0.1, 0.15) is 0 Å². The Kier molecular flexibility index (Phi) is 6.47. The van der Waals surface area contributed by atoms with Gasteiger partial charge in [0.2, 0.25) is 10.4 Å². The van der Waals surface area contributed by atoms with Gasteiger partial charge in [0.15, 0.2) is 6.20 Å². The molecule has 0 atom stereocenters. The van der Waals surface area contributed by atoms with E-state index in [0.29, 0.717) is 0 Å². The van der Waals surface area contributed by atoms with Crippen molar-refractivity contribution in [3.05, 3.63) is 18.3 Å². The molecule has 7 nitrogen and oxygen atoms in total. The zero-order chi connectivity index (χ0) is 13.5. The van der Waals surface area contributed by atoms with Crippen molar-refractivity contribution in [1.29, 1.82) is 0 Å². The fourth-order valence-electron chi connectivity index (χ4n) is 0.860. The second kappa shape index (κ2) is 7.05. The second-order valence-corrected chi connectivity index (χ2v) is 3.94. The highest BCUT2D eigenvalue weighted by atomic mass is 32.3.